The summed E-state index contributed by atoms with van der Waals surface area (Å²) in [4.78, 5) is 0. The van der Waals surface area contributed by atoms with Gasteiger partial charge in [0.25, 0.3) is 0 Å². The Balaban J connectivity index is 2.62. The zero-order valence-electron chi connectivity index (χ0n) is 9.10. The molecule has 4 nitrogen and oxygen atoms in total. The van der Waals surface area contributed by atoms with Crippen LogP contribution in [0.3, 0.4) is 0 Å². The second kappa shape index (κ2) is 2.95. The maximum absolute atomic E-state index is 9.51. The predicted octanol–water partition coefficient (Wildman–Crippen LogP) is 2.20. The van der Waals surface area contributed by atoms with Gasteiger partial charge in [-0.3, -0.25) is 4.40 Å². The molecule has 0 saturated heterocycles. The summed E-state index contributed by atoms with van der Waals surface area (Å²) >= 11 is 0. The number of benzene rings is 1. The molecule has 0 radical (unpaired) electrons. The molecule has 2 aromatic heterocycles. The van der Waals surface area contributed by atoms with Crippen LogP contribution in [0.15, 0.2) is 24.3 Å². The average molecular weight is 213 g/mol. The van der Waals surface area contributed by atoms with Gasteiger partial charge in [0.2, 0.25) is 0 Å². The second-order valence-corrected chi connectivity index (χ2v) is 3.97. The Bertz CT molecular complexity index is 700. The van der Waals surface area contributed by atoms with Crippen LogP contribution in [0.2, 0.25) is 0 Å². The van der Waals surface area contributed by atoms with Crippen molar-refractivity contribution in [2.45, 2.75) is 13.8 Å². The van der Waals surface area contributed by atoms with Crippen LogP contribution >= 0.6 is 0 Å². The Labute approximate surface area is 92.2 Å². The van der Waals surface area contributed by atoms with Crippen LogP contribution < -0.4 is 0 Å². The van der Waals surface area contributed by atoms with Gasteiger partial charge in [-0.25, -0.2) is 0 Å². The lowest BCUT2D eigenvalue weighted by Gasteiger charge is -2.06. The minimum absolute atomic E-state index is 0.278. The molecule has 0 amide bonds. The predicted molar refractivity (Wildman–Crippen MR) is 61.6 cm³/mol. The fourth-order valence-corrected chi connectivity index (χ4v) is 2.08. The molecular weight excluding hydrogens is 202 g/mol. The lowest BCUT2D eigenvalue weighted by atomic mass is 10.1. The molecule has 3 aromatic rings. The maximum Gasteiger partial charge on any atom is 0.161 e. The summed E-state index contributed by atoms with van der Waals surface area (Å²) in [6, 6.07) is 7.31. The van der Waals surface area contributed by atoms with Crippen LogP contribution in [0.25, 0.3) is 16.6 Å². The molecule has 0 fully saturated rings. The molecule has 0 aliphatic rings. The first-order chi connectivity index (χ1) is 7.66. The van der Waals surface area contributed by atoms with E-state index < -0.39 is 0 Å². The Kier molecular flexibility index (Phi) is 1.68. The molecule has 0 atom stereocenters. The van der Waals surface area contributed by atoms with E-state index >= 15 is 0 Å². The van der Waals surface area contributed by atoms with Gasteiger partial charge < -0.3 is 5.11 Å². The summed E-state index contributed by atoms with van der Waals surface area (Å²) in [5.41, 5.74) is 2.95. The van der Waals surface area contributed by atoms with Crippen LogP contribution in [-0.2, 0) is 0 Å². The summed E-state index contributed by atoms with van der Waals surface area (Å²) < 4.78 is 1.99. The second-order valence-electron chi connectivity index (χ2n) is 3.97. The molecule has 4 heteroatoms. The van der Waals surface area contributed by atoms with Gasteiger partial charge in [0.1, 0.15) is 11.6 Å². The van der Waals surface area contributed by atoms with Crippen LogP contribution in [0, 0.1) is 13.8 Å². The Morgan fingerprint density at radius 1 is 1.12 bits per heavy atom. The van der Waals surface area contributed by atoms with Gasteiger partial charge in [-0.15, -0.1) is 10.2 Å². The van der Waals surface area contributed by atoms with Crippen molar-refractivity contribution in [3.63, 3.8) is 0 Å². The molecule has 16 heavy (non-hydrogen) atoms. The van der Waals surface area contributed by atoms with E-state index in [1.807, 2.05) is 30.4 Å². The van der Waals surface area contributed by atoms with Crippen LogP contribution in [0.4, 0.5) is 0 Å². The van der Waals surface area contributed by atoms with Crippen molar-refractivity contribution in [1.82, 2.24) is 14.6 Å². The van der Waals surface area contributed by atoms with E-state index in [-0.39, 0.29) is 5.75 Å². The van der Waals surface area contributed by atoms with Gasteiger partial charge in [-0.1, -0.05) is 0 Å². The normalized spacial score (nSPS) is 11.4. The molecule has 0 bridgehead atoms. The summed E-state index contributed by atoms with van der Waals surface area (Å²) in [6.45, 7) is 3.92. The number of nitrogens with zero attached hydrogens (tertiary/aromatic N) is 3. The Hall–Kier alpha value is -2.10. The number of phenolic OH excluding ortho intramolecular Hbond substituents is 1. The number of hydrogen-bond donors (Lipinski definition) is 1. The number of fused-ring (bicyclic) bond motifs is 3. The zero-order chi connectivity index (χ0) is 11.3. The summed E-state index contributed by atoms with van der Waals surface area (Å²) in [6.07, 6.45) is 0. The van der Waals surface area contributed by atoms with E-state index in [1.165, 1.54) is 0 Å². The molecular formula is C12H11N3O. The van der Waals surface area contributed by atoms with Gasteiger partial charge in [-0.05, 0) is 43.7 Å². The van der Waals surface area contributed by atoms with Gasteiger partial charge in [-0.2, -0.15) is 0 Å². The highest BCUT2D eigenvalue weighted by Gasteiger charge is 2.08. The number of aryl methyl sites for hydroxylation is 2. The van der Waals surface area contributed by atoms with E-state index in [0.29, 0.717) is 0 Å². The van der Waals surface area contributed by atoms with Gasteiger partial charge >= 0.3 is 0 Å². The average Bonchev–Trinajstić information content (AvgIpc) is 2.61. The van der Waals surface area contributed by atoms with Crippen molar-refractivity contribution < 1.29 is 5.11 Å². The standard InChI is InChI=1S/C12H11N3O/c1-7-5-12-14-13-8(2)15(12)11-4-3-9(16)6-10(7)11/h3-6,16H,1-2H3. The first-order valence-corrected chi connectivity index (χ1v) is 5.11. The lowest BCUT2D eigenvalue weighted by Crippen LogP contribution is -1.92. The fraction of sp³-hybridized carbons (Fsp3) is 0.167. The molecule has 3 rings (SSSR count). The van der Waals surface area contributed by atoms with Crippen molar-refractivity contribution in [3.8, 4) is 5.75 Å². The summed E-state index contributed by atoms with van der Waals surface area (Å²) in [5.74, 6) is 1.13. The van der Waals surface area contributed by atoms with E-state index in [9.17, 15) is 5.11 Å². The number of rotatable bonds is 0. The number of phenols is 1. The van der Waals surface area contributed by atoms with Gasteiger partial charge in [0.05, 0.1) is 5.52 Å². The molecule has 0 saturated carbocycles. The Morgan fingerprint density at radius 2 is 1.94 bits per heavy atom. The van der Waals surface area contributed by atoms with Crippen molar-refractivity contribution in [2.24, 2.45) is 0 Å². The quantitative estimate of drug-likeness (QED) is 0.622. The lowest BCUT2D eigenvalue weighted by molar-refractivity contribution is 0.476. The monoisotopic (exact) mass is 213 g/mol. The largest absolute Gasteiger partial charge is 0.508 e. The minimum atomic E-state index is 0.278. The molecule has 80 valence electrons. The third-order valence-electron chi connectivity index (χ3n) is 2.84. The third-order valence-corrected chi connectivity index (χ3v) is 2.84. The SMILES string of the molecule is Cc1cc2nnc(C)n2c2ccc(O)cc12. The van der Waals surface area contributed by atoms with E-state index in [4.69, 9.17) is 0 Å². The Morgan fingerprint density at radius 3 is 2.75 bits per heavy atom. The summed E-state index contributed by atoms with van der Waals surface area (Å²) in [5, 5.41) is 18.7. The van der Waals surface area contributed by atoms with Crippen molar-refractivity contribution in [3.05, 3.63) is 35.7 Å². The molecule has 2 heterocycles. The molecule has 1 N–H and O–H groups in total. The number of hydrogen-bond acceptors (Lipinski definition) is 3. The highest BCUT2D eigenvalue weighted by Crippen LogP contribution is 2.25. The van der Waals surface area contributed by atoms with Crippen LogP contribution in [0.1, 0.15) is 11.4 Å². The van der Waals surface area contributed by atoms with Gasteiger partial charge in [0, 0.05) is 5.39 Å². The molecule has 1 aromatic carbocycles. The third kappa shape index (κ3) is 1.10. The maximum atomic E-state index is 9.51. The zero-order valence-corrected chi connectivity index (χ0v) is 9.10. The molecule has 0 aliphatic carbocycles. The van der Waals surface area contributed by atoms with Crippen molar-refractivity contribution in [2.75, 3.05) is 0 Å². The van der Waals surface area contributed by atoms with Crippen molar-refractivity contribution in [1.29, 1.82) is 0 Å². The van der Waals surface area contributed by atoms with Crippen molar-refractivity contribution >= 4 is 16.6 Å². The summed E-state index contributed by atoms with van der Waals surface area (Å²) in [7, 11) is 0. The topological polar surface area (TPSA) is 50.4 Å². The number of pyridine rings is 1. The van der Waals surface area contributed by atoms with Crippen LogP contribution in [-0.4, -0.2) is 19.7 Å². The first-order valence-electron chi connectivity index (χ1n) is 5.11. The smallest absolute Gasteiger partial charge is 0.161 e. The molecule has 0 aliphatic heterocycles. The highest BCUT2D eigenvalue weighted by atomic mass is 16.3. The molecule has 0 unspecified atom stereocenters. The van der Waals surface area contributed by atoms with E-state index in [2.05, 4.69) is 10.2 Å². The molecule has 0 spiro atoms. The number of aromatic nitrogens is 3. The first kappa shape index (κ1) is 9.15. The highest BCUT2D eigenvalue weighted by molar-refractivity contribution is 5.86. The van der Waals surface area contributed by atoms with Crippen LogP contribution in [0.5, 0.6) is 5.75 Å². The fourth-order valence-electron chi connectivity index (χ4n) is 2.08. The number of aromatic hydroxyl groups is 1. The van der Waals surface area contributed by atoms with E-state index in [0.717, 1.165) is 27.9 Å². The minimum Gasteiger partial charge on any atom is -0.508 e. The van der Waals surface area contributed by atoms with Gasteiger partial charge in [0.15, 0.2) is 5.65 Å². The van der Waals surface area contributed by atoms with E-state index in [1.54, 1.807) is 12.1 Å².